The molecule has 3 rings (SSSR count). The summed E-state index contributed by atoms with van der Waals surface area (Å²) in [5.41, 5.74) is 2.31. The molecule has 0 amide bonds. The SMILES string of the molecule is CNS(=O)(=O)c1ccc2c3c(cccc13)CNC2. The van der Waals surface area contributed by atoms with E-state index in [9.17, 15) is 8.42 Å². The zero-order chi connectivity index (χ0) is 12.8. The van der Waals surface area contributed by atoms with Gasteiger partial charge in [-0.3, -0.25) is 0 Å². The first-order valence-electron chi connectivity index (χ1n) is 5.81. The van der Waals surface area contributed by atoms with E-state index in [1.54, 1.807) is 6.07 Å². The molecule has 0 bridgehead atoms. The van der Waals surface area contributed by atoms with E-state index in [1.807, 2.05) is 24.3 Å². The van der Waals surface area contributed by atoms with E-state index in [0.29, 0.717) is 4.90 Å². The normalized spacial score (nSPS) is 14.9. The van der Waals surface area contributed by atoms with Gasteiger partial charge in [0.25, 0.3) is 0 Å². The predicted octanol–water partition coefficient (Wildman–Crippen LogP) is 1.35. The van der Waals surface area contributed by atoms with Crippen LogP contribution in [0.1, 0.15) is 11.1 Å². The Hall–Kier alpha value is -1.43. The van der Waals surface area contributed by atoms with Crippen LogP contribution in [-0.4, -0.2) is 15.5 Å². The molecular formula is C13H14N2O2S. The average molecular weight is 262 g/mol. The Morgan fingerprint density at radius 3 is 2.56 bits per heavy atom. The van der Waals surface area contributed by atoms with Crippen LogP contribution in [0.15, 0.2) is 35.2 Å². The molecule has 2 aromatic carbocycles. The van der Waals surface area contributed by atoms with Gasteiger partial charge >= 0.3 is 0 Å². The Balaban J connectivity index is 2.42. The molecule has 0 atom stereocenters. The van der Waals surface area contributed by atoms with Crippen LogP contribution in [0.3, 0.4) is 0 Å². The molecule has 5 heteroatoms. The quantitative estimate of drug-likeness (QED) is 0.859. The van der Waals surface area contributed by atoms with Crippen molar-refractivity contribution in [2.75, 3.05) is 7.05 Å². The zero-order valence-electron chi connectivity index (χ0n) is 10.0. The van der Waals surface area contributed by atoms with Gasteiger partial charge in [-0.15, -0.1) is 0 Å². The summed E-state index contributed by atoms with van der Waals surface area (Å²) in [6, 6.07) is 9.39. The maximum absolute atomic E-state index is 12.0. The van der Waals surface area contributed by atoms with E-state index in [0.717, 1.165) is 35.0 Å². The fourth-order valence-electron chi connectivity index (χ4n) is 2.50. The van der Waals surface area contributed by atoms with Gasteiger partial charge in [0.05, 0.1) is 4.90 Å². The number of benzene rings is 2. The van der Waals surface area contributed by atoms with Crippen molar-refractivity contribution in [2.45, 2.75) is 18.0 Å². The largest absolute Gasteiger partial charge is 0.309 e. The highest BCUT2D eigenvalue weighted by Gasteiger charge is 2.19. The van der Waals surface area contributed by atoms with Gasteiger partial charge in [-0.2, -0.15) is 0 Å². The summed E-state index contributed by atoms with van der Waals surface area (Å²) >= 11 is 0. The molecule has 0 aliphatic carbocycles. The summed E-state index contributed by atoms with van der Waals surface area (Å²) in [5.74, 6) is 0. The van der Waals surface area contributed by atoms with Crippen molar-refractivity contribution < 1.29 is 8.42 Å². The molecule has 94 valence electrons. The van der Waals surface area contributed by atoms with Crippen LogP contribution in [0.4, 0.5) is 0 Å². The molecule has 2 N–H and O–H groups in total. The molecule has 0 fully saturated rings. The van der Waals surface area contributed by atoms with Crippen LogP contribution in [0.25, 0.3) is 10.8 Å². The maximum Gasteiger partial charge on any atom is 0.240 e. The fraction of sp³-hybridized carbons (Fsp3) is 0.231. The summed E-state index contributed by atoms with van der Waals surface area (Å²) in [5, 5.41) is 5.19. The van der Waals surface area contributed by atoms with Gasteiger partial charge in [0.15, 0.2) is 0 Å². The minimum atomic E-state index is -3.41. The van der Waals surface area contributed by atoms with Crippen molar-refractivity contribution in [3.63, 3.8) is 0 Å². The third kappa shape index (κ3) is 1.63. The Kier molecular flexibility index (Phi) is 2.62. The van der Waals surface area contributed by atoms with Crippen molar-refractivity contribution in [1.29, 1.82) is 0 Å². The monoisotopic (exact) mass is 262 g/mol. The smallest absolute Gasteiger partial charge is 0.240 e. The molecule has 0 radical (unpaired) electrons. The summed E-state index contributed by atoms with van der Waals surface area (Å²) in [6.45, 7) is 1.57. The molecule has 1 heterocycles. The van der Waals surface area contributed by atoms with Gasteiger partial charge in [0, 0.05) is 18.5 Å². The Morgan fingerprint density at radius 2 is 1.83 bits per heavy atom. The summed E-state index contributed by atoms with van der Waals surface area (Å²) in [7, 11) is -1.98. The molecular weight excluding hydrogens is 248 g/mol. The lowest BCUT2D eigenvalue weighted by Crippen LogP contribution is -2.21. The van der Waals surface area contributed by atoms with Crippen LogP contribution in [0.5, 0.6) is 0 Å². The topological polar surface area (TPSA) is 58.2 Å². The number of rotatable bonds is 2. The van der Waals surface area contributed by atoms with Gasteiger partial charge in [0.2, 0.25) is 10.0 Å². The Morgan fingerprint density at radius 1 is 1.11 bits per heavy atom. The summed E-state index contributed by atoms with van der Waals surface area (Å²) < 4.78 is 26.4. The fourth-order valence-corrected chi connectivity index (χ4v) is 3.43. The molecule has 2 aromatic rings. The molecule has 4 nitrogen and oxygen atoms in total. The van der Waals surface area contributed by atoms with Crippen LogP contribution in [0, 0.1) is 0 Å². The van der Waals surface area contributed by atoms with Crippen molar-refractivity contribution in [3.8, 4) is 0 Å². The number of sulfonamides is 1. The minimum Gasteiger partial charge on any atom is -0.309 e. The van der Waals surface area contributed by atoms with E-state index in [2.05, 4.69) is 10.0 Å². The van der Waals surface area contributed by atoms with Crippen molar-refractivity contribution >= 4 is 20.8 Å². The van der Waals surface area contributed by atoms with Crippen molar-refractivity contribution in [3.05, 3.63) is 41.5 Å². The lowest BCUT2D eigenvalue weighted by Gasteiger charge is -2.19. The lowest BCUT2D eigenvalue weighted by atomic mass is 9.96. The summed E-state index contributed by atoms with van der Waals surface area (Å²) in [6.07, 6.45) is 0. The summed E-state index contributed by atoms with van der Waals surface area (Å²) in [4.78, 5) is 0.354. The molecule has 0 saturated heterocycles. The van der Waals surface area contributed by atoms with Gasteiger partial charge in [-0.1, -0.05) is 24.3 Å². The number of hydrogen-bond donors (Lipinski definition) is 2. The van der Waals surface area contributed by atoms with Crippen molar-refractivity contribution in [2.24, 2.45) is 0 Å². The average Bonchev–Trinajstić information content (AvgIpc) is 2.39. The predicted molar refractivity (Wildman–Crippen MR) is 70.7 cm³/mol. The molecule has 18 heavy (non-hydrogen) atoms. The van der Waals surface area contributed by atoms with Crippen LogP contribution in [0.2, 0.25) is 0 Å². The van der Waals surface area contributed by atoms with Crippen molar-refractivity contribution in [1.82, 2.24) is 10.0 Å². The number of nitrogens with one attached hydrogen (secondary N) is 2. The lowest BCUT2D eigenvalue weighted by molar-refractivity contribution is 0.589. The highest BCUT2D eigenvalue weighted by molar-refractivity contribution is 7.89. The van der Waals surface area contributed by atoms with E-state index in [-0.39, 0.29) is 0 Å². The second kappa shape index (κ2) is 4.05. The first-order chi connectivity index (χ1) is 8.63. The molecule has 1 aliphatic rings. The molecule has 0 unspecified atom stereocenters. The molecule has 0 saturated carbocycles. The van der Waals surface area contributed by atoms with Crippen LogP contribution >= 0.6 is 0 Å². The van der Waals surface area contributed by atoms with Gasteiger partial charge in [-0.25, -0.2) is 13.1 Å². The third-order valence-electron chi connectivity index (χ3n) is 3.36. The zero-order valence-corrected chi connectivity index (χ0v) is 10.8. The highest BCUT2D eigenvalue weighted by Crippen LogP contribution is 2.31. The van der Waals surface area contributed by atoms with Gasteiger partial charge in [0.1, 0.15) is 0 Å². The molecule has 0 spiro atoms. The van der Waals surface area contributed by atoms with Crippen LogP contribution in [-0.2, 0) is 23.1 Å². The Bertz CT molecular complexity index is 713. The van der Waals surface area contributed by atoms with Crippen LogP contribution < -0.4 is 10.0 Å². The second-order valence-corrected chi connectivity index (χ2v) is 6.23. The molecule has 0 aromatic heterocycles. The van der Waals surface area contributed by atoms with E-state index in [1.165, 1.54) is 7.05 Å². The first-order valence-corrected chi connectivity index (χ1v) is 7.29. The minimum absolute atomic E-state index is 0.354. The Labute approximate surface area is 106 Å². The standard InChI is InChI=1S/C13H14N2O2S/c1-14-18(16,17)12-6-5-10-8-15-7-9-3-2-4-11(12)13(9)10/h2-6,14-15H,7-8H2,1H3. The van der Waals surface area contributed by atoms with E-state index in [4.69, 9.17) is 0 Å². The molecule has 1 aliphatic heterocycles. The van der Waals surface area contributed by atoms with E-state index >= 15 is 0 Å². The van der Waals surface area contributed by atoms with Gasteiger partial charge < -0.3 is 5.32 Å². The highest BCUT2D eigenvalue weighted by atomic mass is 32.2. The van der Waals surface area contributed by atoms with Gasteiger partial charge in [-0.05, 0) is 29.6 Å². The maximum atomic E-state index is 12.0. The first kappa shape index (κ1) is 11.6. The second-order valence-electron chi connectivity index (χ2n) is 4.37. The van der Waals surface area contributed by atoms with E-state index < -0.39 is 10.0 Å². The number of hydrogen-bond acceptors (Lipinski definition) is 3. The third-order valence-corrected chi connectivity index (χ3v) is 4.83.